The van der Waals surface area contributed by atoms with Gasteiger partial charge in [0.1, 0.15) is 0 Å². The predicted octanol–water partition coefficient (Wildman–Crippen LogP) is 3.98. The molecule has 3 atom stereocenters. The topological polar surface area (TPSA) is 57.1 Å². The number of esters is 1. The summed E-state index contributed by atoms with van der Waals surface area (Å²) in [7, 11) is -0.599. The lowest BCUT2D eigenvalue weighted by Crippen LogP contribution is -2.48. The van der Waals surface area contributed by atoms with E-state index in [0.29, 0.717) is 6.61 Å². The van der Waals surface area contributed by atoms with Gasteiger partial charge >= 0.3 is 5.97 Å². The Morgan fingerprint density at radius 1 is 1.27 bits per heavy atom. The van der Waals surface area contributed by atoms with Crippen LogP contribution in [0.3, 0.4) is 0 Å². The van der Waals surface area contributed by atoms with Crippen LogP contribution in [0.5, 0.6) is 0 Å². The van der Waals surface area contributed by atoms with Gasteiger partial charge in [0.25, 0.3) is 0 Å². The maximum Gasteiger partial charge on any atom is 0.334 e. The molecule has 144 valence electrons. The van der Waals surface area contributed by atoms with E-state index in [1.54, 1.807) is 0 Å². The zero-order chi connectivity index (χ0) is 19.5. The Bertz CT molecular complexity index is 652. The van der Waals surface area contributed by atoms with Gasteiger partial charge in [-0.1, -0.05) is 64.2 Å². The van der Waals surface area contributed by atoms with E-state index in [1.807, 2.05) is 37.3 Å². The van der Waals surface area contributed by atoms with Crippen LogP contribution in [0.25, 0.3) is 0 Å². The van der Waals surface area contributed by atoms with Crippen molar-refractivity contribution in [1.82, 2.24) is 0 Å². The van der Waals surface area contributed by atoms with Crippen molar-refractivity contribution in [3.8, 4) is 0 Å². The fraction of sp³-hybridized carbons (Fsp3) is 0.600. The predicted molar refractivity (Wildman–Crippen MR) is 106 cm³/mol. The highest BCUT2D eigenvalue weighted by Crippen LogP contribution is 2.39. The summed E-state index contributed by atoms with van der Waals surface area (Å²) in [5.74, 6) is -0.376. The van der Waals surface area contributed by atoms with Crippen LogP contribution in [0, 0.1) is 0 Å². The number of hydrogen-bond donors (Lipinski definition) is 0. The average molecular weight is 378 g/mol. The van der Waals surface area contributed by atoms with Crippen molar-refractivity contribution < 1.29 is 19.0 Å². The van der Waals surface area contributed by atoms with Crippen molar-refractivity contribution in [2.24, 2.45) is 4.99 Å². The van der Waals surface area contributed by atoms with Crippen molar-refractivity contribution in [3.05, 3.63) is 35.9 Å². The second-order valence-corrected chi connectivity index (χ2v) is 13.5. The molecule has 0 unspecified atom stereocenters. The van der Waals surface area contributed by atoms with Gasteiger partial charge in [-0.05, 0) is 17.5 Å². The van der Waals surface area contributed by atoms with Crippen molar-refractivity contribution in [2.45, 2.75) is 70.7 Å². The highest BCUT2D eigenvalue weighted by Gasteiger charge is 2.50. The number of carbonyl (C=O) groups excluding carboxylic acids is 1. The first kappa shape index (κ1) is 20.6. The lowest BCUT2D eigenvalue weighted by molar-refractivity contribution is -0.146. The van der Waals surface area contributed by atoms with E-state index < -0.39 is 20.2 Å². The van der Waals surface area contributed by atoms with Crippen LogP contribution >= 0.6 is 0 Å². The van der Waals surface area contributed by atoms with Crippen molar-refractivity contribution in [1.29, 1.82) is 0 Å². The molecule has 1 heterocycles. The summed E-state index contributed by atoms with van der Waals surface area (Å²) >= 11 is 0. The first-order valence-corrected chi connectivity index (χ1v) is 12.1. The summed E-state index contributed by atoms with van der Waals surface area (Å²) < 4.78 is 17.2. The van der Waals surface area contributed by atoms with Crippen molar-refractivity contribution >= 4 is 19.6 Å². The molecule has 1 aromatic rings. The molecule has 6 heteroatoms. The number of hydrogen-bond acceptors (Lipinski definition) is 5. The number of ether oxygens (including phenoxy) is 3. The molecule has 0 saturated carbocycles. The fourth-order valence-corrected chi connectivity index (χ4v) is 4.14. The van der Waals surface area contributed by atoms with Gasteiger partial charge in [0.15, 0.2) is 25.7 Å². The zero-order valence-electron chi connectivity index (χ0n) is 16.9. The van der Waals surface area contributed by atoms with Gasteiger partial charge in [-0.3, -0.25) is 0 Å². The Balaban J connectivity index is 2.15. The van der Waals surface area contributed by atoms with Crippen LogP contribution < -0.4 is 0 Å². The first-order chi connectivity index (χ1) is 12.1. The summed E-state index contributed by atoms with van der Waals surface area (Å²) in [6, 6.07) is 9.28. The average Bonchev–Trinajstić information content (AvgIpc) is 3.05. The minimum Gasteiger partial charge on any atom is -0.477 e. The molecule has 0 spiro atoms. The molecule has 0 bridgehead atoms. The zero-order valence-corrected chi connectivity index (χ0v) is 17.9. The Labute approximate surface area is 157 Å². The molecule has 0 aromatic heterocycles. The third-order valence-corrected chi connectivity index (χ3v) is 10.6. The van der Waals surface area contributed by atoms with Crippen LogP contribution in [0.2, 0.25) is 18.1 Å². The highest BCUT2D eigenvalue weighted by molar-refractivity contribution is 7.06. The molecule has 2 rings (SSSR count). The van der Waals surface area contributed by atoms with Crippen LogP contribution in [0.4, 0.5) is 0 Å². The molecular weight excluding hydrogens is 346 g/mol. The number of nitrogens with zero attached hydrogens (tertiary/aromatic N) is 1. The van der Waals surface area contributed by atoms with Crippen molar-refractivity contribution in [3.63, 3.8) is 0 Å². The van der Waals surface area contributed by atoms with Crippen molar-refractivity contribution in [2.75, 3.05) is 7.11 Å². The first-order valence-electron chi connectivity index (χ1n) is 9.06. The molecule has 0 amide bonds. The molecule has 1 aliphatic heterocycles. The summed E-state index contributed by atoms with van der Waals surface area (Å²) in [4.78, 5) is 16.9. The van der Waals surface area contributed by atoms with Gasteiger partial charge in [0.2, 0.25) is 0 Å². The second-order valence-electron chi connectivity index (χ2n) is 8.36. The molecule has 5 nitrogen and oxygen atoms in total. The van der Waals surface area contributed by atoms with Gasteiger partial charge in [-0.25, -0.2) is 9.79 Å². The lowest BCUT2D eigenvalue weighted by Gasteiger charge is -2.36. The number of carbonyl (C=O) groups is 1. The van der Waals surface area contributed by atoms with E-state index >= 15 is 0 Å². The smallest absolute Gasteiger partial charge is 0.334 e. The van der Waals surface area contributed by atoms with E-state index in [1.165, 1.54) is 7.11 Å². The highest BCUT2D eigenvalue weighted by atomic mass is 28.3. The molecule has 26 heavy (non-hydrogen) atoms. The molecular formula is C20H31NO4Si. The summed E-state index contributed by atoms with van der Waals surface area (Å²) in [6.07, 6.45) is -0.749. The third kappa shape index (κ3) is 4.35. The van der Waals surface area contributed by atoms with Crippen LogP contribution in [-0.4, -0.2) is 44.9 Å². The minimum absolute atomic E-state index is 0.0650. The largest absolute Gasteiger partial charge is 0.477 e. The van der Waals surface area contributed by atoms with E-state index in [9.17, 15) is 4.79 Å². The Kier molecular flexibility index (Phi) is 6.29. The molecule has 0 radical (unpaired) electrons. The standard InChI is InChI=1S/C20H31NO4Si/c1-14(24-13-15-11-9-8-10-12-15)17-16(18(22)23-5)21-19(25-17)26(6,7)20(2,3)4/h8-12,14,16-17H,13H2,1-7H3/t14-,16+,17+/m0/s1. The number of methoxy groups -OCH3 is 1. The molecule has 0 aliphatic carbocycles. The van der Waals surface area contributed by atoms with Crippen LogP contribution in [0.1, 0.15) is 33.3 Å². The van der Waals surface area contributed by atoms with Gasteiger partial charge in [0.05, 0.1) is 19.8 Å². The summed E-state index contributed by atoms with van der Waals surface area (Å²) in [5.41, 5.74) is 1.80. The second kappa shape index (κ2) is 7.92. The lowest BCUT2D eigenvalue weighted by atomic mass is 10.1. The number of aliphatic imine (C=N–C) groups is 1. The van der Waals surface area contributed by atoms with Gasteiger partial charge in [0, 0.05) is 0 Å². The Morgan fingerprint density at radius 3 is 2.42 bits per heavy atom. The maximum absolute atomic E-state index is 12.3. The summed E-state index contributed by atoms with van der Waals surface area (Å²) in [5, 5.41) is 0.0650. The Hall–Kier alpha value is -1.66. The molecule has 0 N–H and O–H groups in total. The van der Waals surface area contributed by atoms with Gasteiger partial charge < -0.3 is 14.2 Å². The molecule has 1 aliphatic rings. The van der Waals surface area contributed by atoms with E-state index in [2.05, 4.69) is 38.9 Å². The fourth-order valence-electron chi connectivity index (χ4n) is 2.61. The normalized spacial score (nSPS) is 21.7. The van der Waals surface area contributed by atoms with Gasteiger partial charge in [-0.2, -0.15) is 0 Å². The maximum atomic E-state index is 12.3. The Morgan fingerprint density at radius 2 is 1.88 bits per heavy atom. The summed E-state index contributed by atoms with van der Waals surface area (Å²) in [6.45, 7) is 13.4. The quantitative estimate of drug-likeness (QED) is 0.556. The van der Waals surface area contributed by atoms with E-state index in [-0.39, 0.29) is 17.1 Å². The monoisotopic (exact) mass is 377 g/mol. The SMILES string of the molecule is COC(=O)[C@@H]1N=C([Si](C)(C)C(C)(C)C)O[C@@H]1[C@H](C)OCc1ccccc1. The van der Waals surface area contributed by atoms with E-state index in [4.69, 9.17) is 14.2 Å². The molecule has 0 fully saturated rings. The minimum atomic E-state index is -1.98. The van der Waals surface area contributed by atoms with Crippen LogP contribution in [0.15, 0.2) is 35.3 Å². The molecule has 0 saturated heterocycles. The van der Waals surface area contributed by atoms with E-state index in [0.717, 1.165) is 11.1 Å². The molecule has 1 aromatic carbocycles. The third-order valence-electron chi connectivity index (χ3n) is 5.49. The number of benzene rings is 1. The van der Waals surface area contributed by atoms with Crippen LogP contribution in [-0.2, 0) is 25.6 Å². The number of rotatable bonds is 6. The van der Waals surface area contributed by atoms with Gasteiger partial charge in [-0.15, -0.1) is 0 Å².